The normalized spacial score (nSPS) is 44.3. The maximum Gasteiger partial charge on any atom is 0.211 e. The number of pyridine rings is 1. The highest BCUT2D eigenvalue weighted by molar-refractivity contribution is 5.87. The molecule has 7 rings (SSSR count). The van der Waals surface area contributed by atoms with Crippen molar-refractivity contribution in [2.75, 3.05) is 14.1 Å². The fraction of sp³-hybridized carbons (Fsp3) is 0.567. The van der Waals surface area contributed by atoms with Crippen molar-refractivity contribution in [3.8, 4) is 5.88 Å². The second-order valence-electron chi connectivity index (χ2n) is 12.6. The van der Waals surface area contributed by atoms with Gasteiger partial charge >= 0.3 is 0 Å². The summed E-state index contributed by atoms with van der Waals surface area (Å²) in [6.45, 7) is 2.31. The molecule has 5 aliphatic rings. The van der Waals surface area contributed by atoms with E-state index >= 15 is 4.39 Å². The molecule has 1 aromatic carbocycles. The zero-order valence-corrected chi connectivity index (χ0v) is 21.6. The van der Waals surface area contributed by atoms with E-state index in [1.807, 2.05) is 25.1 Å². The molecule has 8 atom stereocenters. The third-order valence-corrected chi connectivity index (χ3v) is 10.7. The van der Waals surface area contributed by atoms with Crippen LogP contribution in [0.2, 0.25) is 0 Å². The van der Waals surface area contributed by atoms with E-state index in [9.17, 15) is 15.3 Å². The first-order valence-corrected chi connectivity index (χ1v) is 13.4. The SMILES string of the molecule is CN(C)[C@H]1C[C@@]23CC[C@@]4(O2)C(=CC[C@]2(C)C(c5ccc6cnc(O)cc6c5)=CCC24)CC3(F)[C@@H](O)[C@@H]1O. The summed E-state index contributed by atoms with van der Waals surface area (Å²) < 4.78 is 23.9. The van der Waals surface area contributed by atoms with Gasteiger partial charge in [0.2, 0.25) is 5.88 Å². The molecule has 3 N–H and O–H groups in total. The Morgan fingerprint density at radius 3 is 2.70 bits per heavy atom. The van der Waals surface area contributed by atoms with Gasteiger partial charge in [0.15, 0.2) is 5.67 Å². The fourth-order valence-electron chi connectivity index (χ4n) is 8.73. The van der Waals surface area contributed by atoms with E-state index in [1.165, 1.54) is 5.57 Å². The van der Waals surface area contributed by atoms with Gasteiger partial charge in [-0.15, -0.1) is 0 Å². The van der Waals surface area contributed by atoms with Gasteiger partial charge < -0.3 is 25.0 Å². The van der Waals surface area contributed by atoms with Crippen molar-refractivity contribution in [1.82, 2.24) is 9.88 Å². The summed E-state index contributed by atoms with van der Waals surface area (Å²) in [6.07, 6.45) is 6.91. The van der Waals surface area contributed by atoms with E-state index in [2.05, 4.69) is 36.2 Å². The summed E-state index contributed by atoms with van der Waals surface area (Å²) in [5, 5.41) is 33.8. The molecule has 2 bridgehead atoms. The average Bonchev–Trinajstić information content (AvgIpc) is 3.40. The molecule has 1 aromatic heterocycles. The molecule has 0 amide bonds. The number of aliphatic hydroxyl groups is 2. The van der Waals surface area contributed by atoms with E-state index in [0.29, 0.717) is 12.8 Å². The maximum absolute atomic E-state index is 16.9. The van der Waals surface area contributed by atoms with Crippen molar-refractivity contribution >= 4 is 16.3 Å². The Bertz CT molecular complexity index is 1370. The average molecular weight is 507 g/mol. The predicted octanol–water partition coefficient (Wildman–Crippen LogP) is 4.14. The van der Waals surface area contributed by atoms with Crippen LogP contribution < -0.4 is 0 Å². The molecule has 2 aliphatic heterocycles. The molecule has 0 radical (unpaired) electrons. The van der Waals surface area contributed by atoms with Crippen molar-refractivity contribution in [3.05, 3.63) is 53.8 Å². The van der Waals surface area contributed by atoms with Crippen molar-refractivity contribution in [3.63, 3.8) is 0 Å². The van der Waals surface area contributed by atoms with Gasteiger partial charge in [-0.05, 0) is 74.4 Å². The highest BCUT2D eigenvalue weighted by Gasteiger charge is 2.76. The van der Waals surface area contributed by atoms with Crippen molar-refractivity contribution in [1.29, 1.82) is 0 Å². The van der Waals surface area contributed by atoms with Crippen LogP contribution in [0, 0.1) is 11.3 Å². The molecule has 3 heterocycles. The van der Waals surface area contributed by atoms with Gasteiger partial charge in [-0.1, -0.05) is 31.2 Å². The van der Waals surface area contributed by atoms with Crippen LogP contribution in [0.15, 0.2) is 48.2 Å². The fourth-order valence-corrected chi connectivity index (χ4v) is 8.73. The Hall–Kier alpha value is -2.32. The first kappa shape index (κ1) is 23.8. The molecule has 37 heavy (non-hydrogen) atoms. The van der Waals surface area contributed by atoms with Crippen LogP contribution in [-0.2, 0) is 4.74 Å². The van der Waals surface area contributed by atoms with Crippen LogP contribution in [0.1, 0.15) is 51.0 Å². The number of fused-ring (bicyclic) bond motifs is 2. The molecule has 3 fully saturated rings. The number of rotatable bonds is 2. The van der Waals surface area contributed by atoms with Crippen LogP contribution in [0.25, 0.3) is 16.3 Å². The Kier molecular flexibility index (Phi) is 4.76. The molecule has 2 aromatic rings. The lowest BCUT2D eigenvalue weighted by molar-refractivity contribution is -0.282. The lowest BCUT2D eigenvalue weighted by atomic mass is 9.56. The molecular weight excluding hydrogens is 471 g/mol. The molecule has 2 unspecified atom stereocenters. The Labute approximate surface area is 216 Å². The van der Waals surface area contributed by atoms with E-state index in [0.717, 1.165) is 41.2 Å². The molecule has 1 saturated carbocycles. The number of ether oxygens (including phenoxy) is 1. The van der Waals surface area contributed by atoms with Crippen molar-refractivity contribution in [2.24, 2.45) is 11.3 Å². The lowest BCUT2D eigenvalue weighted by Crippen LogP contribution is -2.73. The standard InChI is InChI=1S/C30H35FN2O4/c1-27-9-8-20-14-30(31)26(36)25(35)22(33(2)3)15-28(30)10-11-29(20,37-28)23(27)7-6-21(27)17-4-5-18-16-32-24(34)13-19(18)12-17/h4-6,8,12-13,16,22-23,25-26,35-36H,7,9-11,14-15H2,1-3H3,(H,32,34)/t22-,23?,25+,26-,27+,28+,29+,30?/m0/s1. The second-order valence-corrected chi connectivity index (χ2v) is 12.6. The molecule has 2 spiro atoms. The number of benzene rings is 1. The zero-order valence-electron chi connectivity index (χ0n) is 21.6. The van der Waals surface area contributed by atoms with Gasteiger partial charge in [-0.3, -0.25) is 0 Å². The summed E-state index contributed by atoms with van der Waals surface area (Å²) >= 11 is 0. The number of likely N-dealkylation sites (N-methyl/N-ethyl adjacent to an activating group) is 1. The third-order valence-electron chi connectivity index (χ3n) is 10.7. The third kappa shape index (κ3) is 2.86. The molecule has 2 saturated heterocycles. The largest absolute Gasteiger partial charge is 0.493 e. The van der Waals surface area contributed by atoms with Crippen LogP contribution in [0.5, 0.6) is 5.88 Å². The van der Waals surface area contributed by atoms with Crippen LogP contribution in [-0.4, -0.2) is 74.4 Å². The van der Waals surface area contributed by atoms with Crippen LogP contribution in [0.4, 0.5) is 4.39 Å². The topological polar surface area (TPSA) is 86.1 Å². The quantitative estimate of drug-likeness (QED) is 0.531. The minimum atomic E-state index is -2.00. The van der Waals surface area contributed by atoms with E-state index in [-0.39, 0.29) is 29.7 Å². The van der Waals surface area contributed by atoms with Gasteiger partial charge in [-0.25, -0.2) is 9.37 Å². The van der Waals surface area contributed by atoms with Crippen molar-refractivity contribution in [2.45, 2.75) is 80.6 Å². The second kappa shape index (κ2) is 7.41. The van der Waals surface area contributed by atoms with Crippen LogP contribution >= 0.6 is 0 Å². The van der Waals surface area contributed by atoms with Crippen molar-refractivity contribution < 1.29 is 24.4 Å². The predicted molar refractivity (Wildman–Crippen MR) is 139 cm³/mol. The Morgan fingerprint density at radius 1 is 1.11 bits per heavy atom. The summed E-state index contributed by atoms with van der Waals surface area (Å²) in [4.78, 5) is 5.88. The molecule has 3 aliphatic carbocycles. The zero-order chi connectivity index (χ0) is 26.0. The smallest absolute Gasteiger partial charge is 0.211 e. The minimum Gasteiger partial charge on any atom is -0.493 e. The van der Waals surface area contributed by atoms with Crippen LogP contribution in [0.3, 0.4) is 0 Å². The van der Waals surface area contributed by atoms with E-state index < -0.39 is 29.1 Å². The first-order valence-electron chi connectivity index (χ1n) is 13.4. The van der Waals surface area contributed by atoms with E-state index in [4.69, 9.17) is 4.74 Å². The van der Waals surface area contributed by atoms with Gasteiger partial charge in [0.1, 0.15) is 11.7 Å². The van der Waals surface area contributed by atoms with Gasteiger partial charge in [0.25, 0.3) is 0 Å². The number of nitrogens with zero attached hydrogens (tertiary/aromatic N) is 2. The number of allylic oxidation sites excluding steroid dienone is 3. The monoisotopic (exact) mass is 506 g/mol. The molecule has 196 valence electrons. The molecule has 7 heteroatoms. The molecular formula is C30H35FN2O4. The van der Waals surface area contributed by atoms with E-state index in [1.54, 1.807) is 12.3 Å². The van der Waals surface area contributed by atoms with Gasteiger partial charge in [0, 0.05) is 41.4 Å². The Morgan fingerprint density at radius 2 is 1.92 bits per heavy atom. The lowest BCUT2D eigenvalue weighted by Gasteiger charge is -2.61. The summed E-state index contributed by atoms with van der Waals surface area (Å²) in [5.41, 5.74) is -0.477. The first-order chi connectivity index (χ1) is 17.5. The number of hydrogen-bond donors (Lipinski definition) is 3. The maximum atomic E-state index is 16.9. The number of aliphatic hydroxyl groups excluding tert-OH is 2. The van der Waals surface area contributed by atoms with Gasteiger partial charge in [0.05, 0.1) is 11.7 Å². The number of aromatic hydroxyl groups is 1. The Balaban J connectivity index is 1.29. The minimum absolute atomic E-state index is 0.00986. The number of aromatic nitrogens is 1. The van der Waals surface area contributed by atoms with Gasteiger partial charge in [-0.2, -0.15) is 0 Å². The summed E-state index contributed by atoms with van der Waals surface area (Å²) in [5.74, 6) is 0.179. The number of hydrogen-bond acceptors (Lipinski definition) is 6. The summed E-state index contributed by atoms with van der Waals surface area (Å²) in [6, 6.07) is 7.63. The number of alkyl halides is 1. The highest BCUT2D eigenvalue weighted by Crippen LogP contribution is 2.70. The summed E-state index contributed by atoms with van der Waals surface area (Å²) in [7, 11) is 3.73. The molecule has 6 nitrogen and oxygen atoms in total. The number of halogens is 1. The highest BCUT2D eigenvalue weighted by atomic mass is 19.1.